The van der Waals surface area contributed by atoms with Gasteiger partial charge in [0.1, 0.15) is 0 Å². The monoisotopic (exact) mass is 311 g/mol. The zero-order chi connectivity index (χ0) is 14.5. The lowest BCUT2D eigenvalue weighted by atomic mass is 9.69. The van der Waals surface area contributed by atoms with Crippen LogP contribution < -0.4 is 5.32 Å². The maximum Gasteiger partial charge on any atom is 0.0685 e. The van der Waals surface area contributed by atoms with Gasteiger partial charge in [0.25, 0.3) is 0 Å². The predicted octanol–water partition coefficient (Wildman–Crippen LogP) is 4.24. The molecule has 3 fully saturated rings. The number of ether oxygens (including phenoxy) is 1. The predicted molar refractivity (Wildman–Crippen MR) is 92.0 cm³/mol. The van der Waals surface area contributed by atoms with Crippen molar-refractivity contribution in [3.63, 3.8) is 0 Å². The van der Waals surface area contributed by atoms with Gasteiger partial charge in [0.05, 0.1) is 5.60 Å². The molecule has 0 bridgehead atoms. The molecule has 2 aliphatic heterocycles. The Morgan fingerprint density at radius 1 is 1.24 bits per heavy atom. The molecule has 1 saturated carbocycles. The Balaban J connectivity index is 1.57. The smallest absolute Gasteiger partial charge is 0.0685 e. The van der Waals surface area contributed by atoms with Gasteiger partial charge in [-0.25, -0.2) is 0 Å². The third-order valence-electron chi connectivity index (χ3n) is 5.95. The molecule has 2 nitrogen and oxygen atoms in total. The summed E-state index contributed by atoms with van der Waals surface area (Å²) in [6.45, 7) is 4.49. The van der Waals surface area contributed by atoms with Gasteiger partial charge < -0.3 is 10.1 Å². The van der Waals surface area contributed by atoms with Crippen molar-refractivity contribution in [3.8, 4) is 0 Å². The standard InChI is InChI=1S/C18H33NOS/c1-2-9-19-17(13-15-5-11-21-12-6-15)16-4-10-20-18(14-16)7-3-8-18/h15-17,19H,2-14H2,1H3. The van der Waals surface area contributed by atoms with E-state index in [-0.39, 0.29) is 0 Å². The molecule has 2 atom stereocenters. The molecule has 0 aromatic rings. The Labute approximate surface area is 135 Å². The van der Waals surface area contributed by atoms with E-state index >= 15 is 0 Å². The van der Waals surface area contributed by atoms with Crippen LogP contribution in [0.2, 0.25) is 0 Å². The van der Waals surface area contributed by atoms with Crippen molar-refractivity contribution >= 4 is 11.8 Å². The van der Waals surface area contributed by atoms with Gasteiger partial charge in [0.15, 0.2) is 0 Å². The van der Waals surface area contributed by atoms with Crippen LogP contribution >= 0.6 is 11.8 Å². The van der Waals surface area contributed by atoms with Gasteiger partial charge in [-0.3, -0.25) is 0 Å². The molecule has 122 valence electrons. The van der Waals surface area contributed by atoms with E-state index < -0.39 is 0 Å². The summed E-state index contributed by atoms with van der Waals surface area (Å²) in [5, 5.41) is 3.91. The second kappa shape index (κ2) is 7.70. The summed E-state index contributed by atoms with van der Waals surface area (Å²) in [6, 6.07) is 0.749. The molecule has 0 aromatic heterocycles. The van der Waals surface area contributed by atoms with E-state index in [9.17, 15) is 0 Å². The minimum atomic E-state index is 0.303. The van der Waals surface area contributed by atoms with Crippen molar-refractivity contribution in [2.24, 2.45) is 11.8 Å². The Hall–Kier alpha value is 0.270. The minimum Gasteiger partial charge on any atom is -0.375 e. The molecule has 1 aliphatic carbocycles. The minimum absolute atomic E-state index is 0.303. The highest BCUT2D eigenvalue weighted by Gasteiger charge is 2.44. The highest BCUT2D eigenvalue weighted by atomic mass is 32.2. The van der Waals surface area contributed by atoms with E-state index in [0.717, 1.165) is 24.5 Å². The maximum atomic E-state index is 6.15. The number of hydrogen-bond donors (Lipinski definition) is 1. The molecule has 3 heteroatoms. The van der Waals surface area contributed by atoms with Crippen LogP contribution in [0.1, 0.15) is 64.7 Å². The molecule has 2 heterocycles. The number of nitrogens with one attached hydrogen (secondary N) is 1. The SMILES string of the molecule is CCCNC(CC1CCSCC1)C1CCOC2(CCC2)C1. The van der Waals surface area contributed by atoms with Crippen LogP contribution in [0.25, 0.3) is 0 Å². The molecule has 1 N–H and O–H groups in total. The quantitative estimate of drug-likeness (QED) is 0.793. The molecular formula is C18H33NOS. The average molecular weight is 312 g/mol. The highest BCUT2D eigenvalue weighted by Crippen LogP contribution is 2.45. The molecule has 3 aliphatic rings. The van der Waals surface area contributed by atoms with Crippen molar-refractivity contribution in [1.82, 2.24) is 5.32 Å². The molecule has 0 aromatic carbocycles. The van der Waals surface area contributed by atoms with Crippen molar-refractivity contribution in [2.45, 2.75) is 76.4 Å². The summed E-state index contributed by atoms with van der Waals surface area (Å²) in [4.78, 5) is 0. The molecule has 2 saturated heterocycles. The Morgan fingerprint density at radius 2 is 2.05 bits per heavy atom. The van der Waals surface area contributed by atoms with Crippen LogP contribution in [0.5, 0.6) is 0 Å². The lowest BCUT2D eigenvalue weighted by Crippen LogP contribution is -2.50. The third kappa shape index (κ3) is 4.17. The van der Waals surface area contributed by atoms with Crippen LogP contribution in [-0.4, -0.2) is 36.3 Å². The van der Waals surface area contributed by atoms with Crippen LogP contribution in [0, 0.1) is 11.8 Å². The van der Waals surface area contributed by atoms with Crippen molar-refractivity contribution in [2.75, 3.05) is 24.7 Å². The molecule has 0 amide bonds. The first kappa shape index (κ1) is 16.1. The topological polar surface area (TPSA) is 21.3 Å². The van der Waals surface area contributed by atoms with E-state index in [0.29, 0.717) is 5.60 Å². The molecule has 21 heavy (non-hydrogen) atoms. The van der Waals surface area contributed by atoms with Crippen LogP contribution in [0.3, 0.4) is 0 Å². The molecule has 3 rings (SSSR count). The first-order valence-corrected chi connectivity index (χ1v) is 10.4. The summed E-state index contributed by atoms with van der Waals surface area (Å²) >= 11 is 2.15. The van der Waals surface area contributed by atoms with E-state index in [1.165, 1.54) is 75.8 Å². The van der Waals surface area contributed by atoms with Crippen molar-refractivity contribution < 1.29 is 4.74 Å². The summed E-state index contributed by atoms with van der Waals surface area (Å²) in [7, 11) is 0. The molecule has 0 radical (unpaired) electrons. The van der Waals surface area contributed by atoms with Gasteiger partial charge in [-0.2, -0.15) is 11.8 Å². The van der Waals surface area contributed by atoms with Gasteiger partial charge in [-0.1, -0.05) is 6.92 Å². The van der Waals surface area contributed by atoms with Gasteiger partial charge in [0.2, 0.25) is 0 Å². The lowest BCUT2D eigenvalue weighted by Gasteiger charge is -2.49. The van der Waals surface area contributed by atoms with Crippen molar-refractivity contribution in [1.29, 1.82) is 0 Å². The van der Waals surface area contributed by atoms with E-state index in [2.05, 4.69) is 24.0 Å². The second-order valence-electron chi connectivity index (χ2n) is 7.49. The zero-order valence-corrected chi connectivity index (χ0v) is 14.6. The van der Waals surface area contributed by atoms with Gasteiger partial charge >= 0.3 is 0 Å². The fraction of sp³-hybridized carbons (Fsp3) is 1.00. The third-order valence-corrected chi connectivity index (χ3v) is 7.00. The van der Waals surface area contributed by atoms with Crippen LogP contribution in [0.15, 0.2) is 0 Å². The molecular weight excluding hydrogens is 278 g/mol. The van der Waals surface area contributed by atoms with Gasteiger partial charge in [-0.15, -0.1) is 0 Å². The largest absolute Gasteiger partial charge is 0.375 e. The van der Waals surface area contributed by atoms with Gasteiger partial charge in [-0.05, 0) is 87.7 Å². The van der Waals surface area contributed by atoms with E-state index in [4.69, 9.17) is 4.74 Å². The first-order valence-electron chi connectivity index (χ1n) is 9.26. The summed E-state index contributed by atoms with van der Waals surface area (Å²) in [5.41, 5.74) is 0.303. The number of rotatable bonds is 6. The highest BCUT2D eigenvalue weighted by molar-refractivity contribution is 7.99. The Kier molecular flexibility index (Phi) is 5.92. The summed E-state index contributed by atoms with van der Waals surface area (Å²) in [6.07, 6.45) is 12.2. The van der Waals surface area contributed by atoms with E-state index in [1.807, 2.05) is 0 Å². The summed E-state index contributed by atoms with van der Waals surface area (Å²) in [5.74, 6) is 4.62. The molecule has 2 unspecified atom stereocenters. The average Bonchev–Trinajstić information content (AvgIpc) is 2.51. The van der Waals surface area contributed by atoms with E-state index in [1.54, 1.807) is 0 Å². The fourth-order valence-corrected chi connectivity index (χ4v) is 5.65. The number of thioether (sulfide) groups is 1. The zero-order valence-electron chi connectivity index (χ0n) is 13.7. The van der Waals surface area contributed by atoms with Crippen LogP contribution in [-0.2, 0) is 4.74 Å². The van der Waals surface area contributed by atoms with Crippen LogP contribution in [0.4, 0.5) is 0 Å². The summed E-state index contributed by atoms with van der Waals surface area (Å²) < 4.78 is 6.15. The lowest BCUT2D eigenvalue weighted by molar-refractivity contribution is -0.147. The first-order chi connectivity index (χ1) is 10.3. The second-order valence-corrected chi connectivity index (χ2v) is 8.71. The number of hydrogen-bond acceptors (Lipinski definition) is 3. The fourth-order valence-electron chi connectivity index (χ4n) is 4.44. The molecule has 1 spiro atoms. The normalized spacial score (nSPS) is 31.0. The van der Waals surface area contributed by atoms with Gasteiger partial charge in [0, 0.05) is 12.6 Å². The van der Waals surface area contributed by atoms with Crippen molar-refractivity contribution in [3.05, 3.63) is 0 Å². The Morgan fingerprint density at radius 3 is 2.71 bits per heavy atom. The maximum absolute atomic E-state index is 6.15. The Bertz CT molecular complexity index is 312.